The first-order valence-corrected chi connectivity index (χ1v) is 8.61. The minimum absolute atomic E-state index is 0.579. The molecule has 0 bridgehead atoms. The maximum Gasteiger partial charge on any atom is 0.122 e. The summed E-state index contributed by atoms with van der Waals surface area (Å²) in [6, 6.07) is 18.1. The summed E-state index contributed by atoms with van der Waals surface area (Å²) in [5, 5.41) is 8.87. The standard InChI is InChI=1S/C21H20N4O/c1-17-7-5-6-10-21(17)26-12-11-24-15-18(13-22-24)19-14-23-25(16-19)20-8-3-2-4-9-20/h2-10,13-16H,11-12H2,1H3. The van der Waals surface area contributed by atoms with Crippen molar-refractivity contribution in [2.24, 2.45) is 0 Å². The van der Waals surface area contributed by atoms with Gasteiger partial charge in [0.1, 0.15) is 12.4 Å². The molecule has 0 aliphatic heterocycles. The van der Waals surface area contributed by atoms with E-state index in [1.165, 1.54) is 0 Å². The van der Waals surface area contributed by atoms with Gasteiger partial charge in [-0.1, -0.05) is 36.4 Å². The third-order valence-corrected chi connectivity index (χ3v) is 4.24. The summed E-state index contributed by atoms with van der Waals surface area (Å²) in [6.07, 6.45) is 7.76. The van der Waals surface area contributed by atoms with Crippen molar-refractivity contribution < 1.29 is 4.74 Å². The molecule has 26 heavy (non-hydrogen) atoms. The lowest BCUT2D eigenvalue weighted by Crippen LogP contribution is -2.08. The van der Waals surface area contributed by atoms with Crippen LogP contribution in [0.1, 0.15) is 5.56 Å². The van der Waals surface area contributed by atoms with Crippen LogP contribution in [0, 0.1) is 6.92 Å². The lowest BCUT2D eigenvalue weighted by atomic mass is 10.2. The molecule has 0 N–H and O–H groups in total. The van der Waals surface area contributed by atoms with Crippen LogP contribution in [0.3, 0.4) is 0 Å². The van der Waals surface area contributed by atoms with Crippen molar-refractivity contribution in [1.82, 2.24) is 19.6 Å². The predicted octanol–water partition coefficient (Wildman–Crippen LogP) is 4.12. The number of para-hydroxylation sites is 2. The monoisotopic (exact) mass is 344 g/mol. The van der Waals surface area contributed by atoms with Gasteiger partial charge in [-0.15, -0.1) is 0 Å². The molecule has 130 valence electrons. The predicted molar refractivity (Wildman–Crippen MR) is 101 cm³/mol. The second-order valence-electron chi connectivity index (χ2n) is 6.12. The molecular formula is C21H20N4O. The first-order chi connectivity index (χ1) is 12.8. The number of rotatable bonds is 6. The van der Waals surface area contributed by atoms with Crippen molar-refractivity contribution in [3.63, 3.8) is 0 Å². The molecule has 0 radical (unpaired) electrons. The minimum atomic E-state index is 0.579. The van der Waals surface area contributed by atoms with Gasteiger partial charge in [-0.05, 0) is 30.7 Å². The van der Waals surface area contributed by atoms with E-state index >= 15 is 0 Å². The van der Waals surface area contributed by atoms with Gasteiger partial charge < -0.3 is 4.74 Å². The quantitative estimate of drug-likeness (QED) is 0.528. The van der Waals surface area contributed by atoms with Crippen molar-refractivity contribution in [3.05, 3.63) is 84.9 Å². The molecule has 0 unspecified atom stereocenters. The van der Waals surface area contributed by atoms with E-state index in [0.717, 1.165) is 28.1 Å². The number of nitrogens with zero attached hydrogens (tertiary/aromatic N) is 4. The number of ether oxygens (including phenoxy) is 1. The molecule has 0 fully saturated rings. The molecule has 0 aliphatic rings. The van der Waals surface area contributed by atoms with Crippen LogP contribution in [-0.2, 0) is 6.54 Å². The van der Waals surface area contributed by atoms with Crippen LogP contribution in [0.2, 0.25) is 0 Å². The number of benzene rings is 2. The highest BCUT2D eigenvalue weighted by Gasteiger charge is 2.06. The van der Waals surface area contributed by atoms with E-state index in [-0.39, 0.29) is 0 Å². The zero-order valence-electron chi connectivity index (χ0n) is 14.6. The van der Waals surface area contributed by atoms with Crippen LogP contribution in [0.25, 0.3) is 16.8 Å². The lowest BCUT2D eigenvalue weighted by molar-refractivity contribution is 0.289. The van der Waals surface area contributed by atoms with Gasteiger partial charge in [0.25, 0.3) is 0 Å². The first-order valence-electron chi connectivity index (χ1n) is 8.61. The highest BCUT2D eigenvalue weighted by Crippen LogP contribution is 2.20. The average Bonchev–Trinajstić information content (AvgIpc) is 3.33. The largest absolute Gasteiger partial charge is 0.491 e. The molecule has 0 spiro atoms. The maximum absolute atomic E-state index is 5.84. The summed E-state index contributed by atoms with van der Waals surface area (Å²) >= 11 is 0. The molecule has 4 rings (SSSR count). The highest BCUT2D eigenvalue weighted by atomic mass is 16.5. The smallest absolute Gasteiger partial charge is 0.122 e. The van der Waals surface area contributed by atoms with Gasteiger partial charge in [0.15, 0.2) is 0 Å². The van der Waals surface area contributed by atoms with Gasteiger partial charge in [0.2, 0.25) is 0 Å². The fraction of sp³-hybridized carbons (Fsp3) is 0.143. The molecule has 0 atom stereocenters. The van der Waals surface area contributed by atoms with Crippen LogP contribution < -0.4 is 4.74 Å². The summed E-state index contributed by atoms with van der Waals surface area (Å²) in [4.78, 5) is 0. The molecule has 2 heterocycles. The van der Waals surface area contributed by atoms with Crippen molar-refractivity contribution in [3.8, 4) is 22.6 Å². The van der Waals surface area contributed by atoms with Gasteiger partial charge in [-0.25, -0.2) is 4.68 Å². The van der Waals surface area contributed by atoms with E-state index in [0.29, 0.717) is 13.2 Å². The molecule has 2 aromatic carbocycles. The second kappa shape index (κ2) is 7.27. The molecule has 0 aliphatic carbocycles. The van der Waals surface area contributed by atoms with Crippen LogP contribution in [-0.4, -0.2) is 26.2 Å². The average molecular weight is 344 g/mol. The van der Waals surface area contributed by atoms with Gasteiger partial charge in [0, 0.05) is 23.5 Å². The van der Waals surface area contributed by atoms with Crippen LogP contribution in [0.15, 0.2) is 79.4 Å². The van der Waals surface area contributed by atoms with Crippen LogP contribution >= 0.6 is 0 Å². The molecule has 2 aromatic heterocycles. The summed E-state index contributed by atoms with van der Waals surface area (Å²) in [5.74, 6) is 0.920. The fourth-order valence-electron chi connectivity index (χ4n) is 2.80. The number of aromatic nitrogens is 4. The first kappa shape index (κ1) is 16.1. The van der Waals surface area contributed by atoms with Crippen molar-refractivity contribution >= 4 is 0 Å². The van der Waals surface area contributed by atoms with Crippen molar-refractivity contribution in [1.29, 1.82) is 0 Å². The van der Waals surface area contributed by atoms with Gasteiger partial charge in [-0.2, -0.15) is 10.2 Å². The Labute approximate surface area is 152 Å². The van der Waals surface area contributed by atoms with Gasteiger partial charge >= 0.3 is 0 Å². The Morgan fingerprint density at radius 2 is 1.58 bits per heavy atom. The minimum Gasteiger partial charge on any atom is -0.491 e. The maximum atomic E-state index is 5.84. The Morgan fingerprint density at radius 3 is 2.42 bits per heavy atom. The SMILES string of the molecule is Cc1ccccc1OCCn1cc(-c2cnn(-c3ccccc3)c2)cn1. The van der Waals surface area contributed by atoms with Gasteiger partial charge in [0.05, 0.1) is 24.6 Å². The number of hydrogen-bond acceptors (Lipinski definition) is 3. The molecule has 0 saturated heterocycles. The van der Waals surface area contributed by atoms with E-state index in [1.54, 1.807) is 0 Å². The van der Waals surface area contributed by atoms with E-state index in [4.69, 9.17) is 4.74 Å². The zero-order chi connectivity index (χ0) is 17.8. The summed E-state index contributed by atoms with van der Waals surface area (Å²) in [6.45, 7) is 3.32. The lowest BCUT2D eigenvalue weighted by Gasteiger charge is -2.08. The summed E-state index contributed by atoms with van der Waals surface area (Å²) in [5.41, 5.74) is 4.27. The Bertz CT molecular complexity index is 988. The van der Waals surface area contributed by atoms with Crippen molar-refractivity contribution in [2.45, 2.75) is 13.5 Å². The topological polar surface area (TPSA) is 44.9 Å². The normalized spacial score (nSPS) is 10.8. The number of aryl methyl sites for hydroxylation is 1. The van der Waals surface area contributed by atoms with Crippen LogP contribution in [0.5, 0.6) is 5.75 Å². The molecular weight excluding hydrogens is 324 g/mol. The number of hydrogen-bond donors (Lipinski definition) is 0. The van der Waals surface area contributed by atoms with E-state index in [1.807, 2.05) is 95.7 Å². The Kier molecular flexibility index (Phi) is 4.51. The molecule has 5 heteroatoms. The Morgan fingerprint density at radius 1 is 0.846 bits per heavy atom. The van der Waals surface area contributed by atoms with E-state index in [2.05, 4.69) is 10.2 Å². The molecule has 0 amide bonds. The van der Waals surface area contributed by atoms with Gasteiger partial charge in [-0.3, -0.25) is 4.68 Å². The van der Waals surface area contributed by atoms with E-state index < -0.39 is 0 Å². The summed E-state index contributed by atoms with van der Waals surface area (Å²) in [7, 11) is 0. The third-order valence-electron chi connectivity index (χ3n) is 4.24. The molecule has 0 saturated carbocycles. The molecule has 5 nitrogen and oxygen atoms in total. The van der Waals surface area contributed by atoms with Crippen LogP contribution in [0.4, 0.5) is 0 Å². The second-order valence-corrected chi connectivity index (χ2v) is 6.12. The Balaban J connectivity index is 1.40. The Hall–Kier alpha value is -3.34. The highest BCUT2D eigenvalue weighted by molar-refractivity contribution is 5.60. The third kappa shape index (κ3) is 3.52. The van der Waals surface area contributed by atoms with Crippen molar-refractivity contribution in [2.75, 3.05) is 6.61 Å². The summed E-state index contributed by atoms with van der Waals surface area (Å²) < 4.78 is 9.61. The molecule has 4 aromatic rings. The fourth-order valence-corrected chi connectivity index (χ4v) is 2.80. The van der Waals surface area contributed by atoms with E-state index in [9.17, 15) is 0 Å². The zero-order valence-corrected chi connectivity index (χ0v) is 14.6.